The maximum atomic E-state index is 12.4. The Morgan fingerprint density at radius 2 is 2.04 bits per heavy atom. The van der Waals surface area contributed by atoms with Gasteiger partial charge in [-0.2, -0.15) is 0 Å². The Hall–Kier alpha value is -3.49. The summed E-state index contributed by atoms with van der Waals surface area (Å²) >= 11 is 0. The molecule has 1 aliphatic rings. The summed E-state index contributed by atoms with van der Waals surface area (Å²) in [4.78, 5) is 20.4. The first-order valence-corrected chi connectivity index (χ1v) is 7.11. The van der Waals surface area contributed by atoms with E-state index in [2.05, 4.69) is 25.5 Å². The van der Waals surface area contributed by atoms with Crippen LogP contribution in [0, 0.1) is 0 Å². The number of benzene rings is 1. The number of hydrogen-bond donors (Lipinski definition) is 1. The zero-order valence-corrected chi connectivity index (χ0v) is 12.3. The highest BCUT2D eigenvalue weighted by molar-refractivity contribution is 6.05. The molecule has 0 saturated carbocycles. The van der Waals surface area contributed by atoms with E-state index in [0.29, 0.717) is 36.0 Å². The fraction of sp³-hybridized carbons (Fsp3) is 0.133. The second kappa shape index (κ2) is 5.95. The van der Waals surface area contributed by atoms with Crippen LogP contribution in [0.4, 0.5) is 6.01 Å². The van der Waals surface area contributed by atoms with Gasteiger partial charge in [-0.15, -0.1) is 5.10 Å². The predicted octanol–water partition coefficient (Wildman–Crippen LogP) is 1.55. The number of carbonyl (C=O) groups is 1. The van der Waals surface area contributed by atoms with Gasteiger partial charge >= 0.3 is 6.01 Å². The zero-order chi connectivity index (χ0) is 16.4. The zero-order valence-electron chi connectivity index (χ0n) is 12.3. The number of rotatable bonds is 3. The summed E-state index contributed by atoms with van der Waals surface area (Å²) in [6.07, 6.45) is 4.52. The third-order valence-corrected chi connectivity index (χ3v) is 3.24. The molecular weight excluding hydrogens is 314 g/mol. The Bertz CT molecular complexity index is 881. The number of ether oxygens (including phenoxy) is 2. The summed E-state index contributed by atoms with van der Waals surface area (Å²) in [6, 6.07) is 5.03. The van der Waals surface area contributed by atoms with Crippen LogP contribution in [-0.4, -0.2) is 39.3 Å². The van der Waals surface area contributed by atoms with Crippen molar-refractivity contribution >= 4 is 11.9 Å². The Morgan fingerprint density at radius 1 is 1.12 bits per heavy atom. The molecule has 9 nitrogen and oxygen atoms in total. The first-order chi connectivity index (χ1) is 11.8. The van der Waals surface area contributed by atoms with Gasteiger partial charge in [0.15, 0.2) is 11.5 Å². The molecule has 1 aromatic carbocycles. The van der Waals surface area contributed by atoms with Gasteiger partial charge in [-0.25, -0.2) is 4.98 Å². The lowest BCUT2D eigenvalue weighted by Gasteiger charge is -2.20. The van der Waals surface area contributed by atoms with E-state index in [9.17, 15) is 4.79 Å². The summed E-state index contributed by atoms with van der Waals surface area (Å²) in [6.45, 7) is 0.831. The molecule has 24 heavy (non-hydrogen) atoms. The number of carbonyl (C=O) groups excluding carboxylic acids is 1. The fourth-order valence-corrected chi connectivity index (χ4v) is 2.20. The highest BCUT2D eigenvalue weighted by Gasteiger charge is 2.22. The molecule has 3 heterocycles. The number of nitrogens with one attached hydrogen (secondary N) is 1. The highest BCUT2D eigenvalue weighted by Crippen LogP contribution is 2.34. The van der Waals surface area contributed by atoms with Crippen molar-refractivity contribution in [2.24, 2.45) is 0 Å². The number of amides is 1. The number of hydrogen-bond acceptors (Lipinski definition) is 8. The van der Waals surface area contributed by atoms with Crippen molar-refractivity contribution in [2.45, 2.75) is 0 Å². The third kappa shape index (κ3) is 2.62. The maximum Gasteiger partial charge on any atom is 0.322 e. The molecule has 0 atom stereocenters. The minimum atomic E-state index is -0.438. The fourth-order valence-electron chi connectivity index (χ4n) is 2.20. The lowest BCUT2D eigenvalue weighted by molar-refractivity contribution is 0.101. The molecule has 0 aliphatic carbocycles. The Kier molecular flexibility index (Phi) is 3.50. The molecule has 9 heteroatoms. The van der Waals surface area contributed by atoms with E-state index in [-0.39, 0.29) is 11.9 Å². The van der Waals surface area contributed by atoms with E-state index >= 15 is 0 Å². The van der Waals surface area contributed by atoms with E-state index in [1.54, 1.807) is 18.2 Å². The average Bonchev–Trinajstić information content (AvgIpc) is 3.10. The van der Waals surface area contributed by atoms with Crippen LogP contribution in [0.25, 0.3) is 11.6 Å². The Balaban J connectivity index is 1.56. The van der Waals surface area contributed by atoms with Crippen LogP contribution >= 0.6 is 0 Å². The van der Waals surface area contributed by atoms with Gasteiger partial charge in [-0.1, -0.05) is 11.2 Å². The lowest BCUT2D eigenvalue weighted by Crippen LogP contribution is -2.20. The van der Waals surface area contributed by atoms with Crippen molar-refractivity contribution in [1.82, 2.24) is 20.2 Å². The van der Waals surface area contributed by atoms with Gasteiger partial charge < -0.3 is 13.9 Å². The van der Waals surface area contributed by atoms with Gasteiger partial charge in [0.1, 0.15) is 18.9 Å². The lowest BCUT2D eigenvalue weighted by atomic mass is 10.1. The van der Waals surface area contributed by atoms with Crippen LogP contribution in [0.2, 0.25) is 0 Å². The van der Waals surface area contributed by atoms with Gasteiger partial charge in [-0.3, -0.25) is 15.1 Å². The van der Waals surface area contributed by atoms with Gasteiger partial charge in [0.05, 0.1) is 11.8 Å². The summed E-state index contributed by atoms with van der Waals surface area (Å²) in [5.74, 6) is 0.648. The Labute approximate surface area is 135 Å². The normalized spacial score (nSPS) is 12.7. The van der Waals surface area contributed by atoms with E-state index < -0.39 is 5.91 Å². The van der Waals surface area contributed by atoms with Crippen LogP contribution in [-0.2, 0) is 0 Å². The van der Waals surface area contributed by atoms with Crippen LogP contribution in [0.15, 0.2) is 41.2 Å². The summed E-state index contributed by atoms with van der Waals surface area (Å²) in [5.41, 5.74) is 0.741. The Morgan fingerprint density at radius 3 is 2.92 bits per heavy atom. The molecule has 0 radical (unpaired) electrons. The van der Waals surface area contributed by atoms with E-state index in [4.69, 9.17) is 13.9 Å². The highest BCUT2D eigenvalue weighted by atomic mass is 16.6. The molecule has 2 aromatic heterocycles. The number of anilines is 1. The average molecular weight is 325 g/mol. The summed E-state index contributed by atoms with van der Waals surface area (Å²) in [7, 11) is 0. The van der Waals surface area contributed by atoms with Crippen molar-refractivity contribution in [1.29, 1.82) is 0 Å². The van der Waals surface area contributed by atoms with Crippen molar-refractivity contribution in [3.05, 3.63) is 42.4 Å². The second-order valence-electron chi connectivity index (χ2n) is 4.79. The molecule has 0 spiro atoms. The molecule has 0 fully saturated rings. The topological polar surface area (TPSA) is 112 Å². The minimum Gasteiger partial charge on any atom is -0.486 e. The molecular formula is C15H11N5O4. The molecule has 1 amide bonds. The van der Waals surface area contributed by atoms with Crippen molar-refractivity contribution in [3.8, 4) is 23.1 Å². The monoisotopic (exact) mass is 325 g/mol. The molecule has 1 N–H and O–H groups in total. The molecule has 0 unspecified atom stereocenters. The first kappa shape index (κ1) is 14.1. The first-order valence-electron chi connectivity index (χ1n) is 7.11. The van der Waals surface area contributed by atoms with Gasteiger partial charge in [-0.05, 0) is 12.1 Å². The SMILES string of the molecule is O=C(Nc1nnc(-c2cnccn2)o1)c1cccc2c1OCCO2. The van der Waals surface area contributed by atoms with Crippen LogP contribution in [0.5, 0.6) is 11.5 Å². The standard InChI is InChI=1S/C15H11N5O4/c21-13(9-2-1-3-11-12(9)23-7-6-22-11)18-15-20-19-14(24-15)10-8-16-4-5-17-10/h1-5,8H,6-7H2,(H,18,20,21). The molecule has 3 aromatic rings. The van der Waals surface area contributed by atoms with Crippen molar-refractivity contribution < 1.29 is 18.7 Å². The molecule has 120 valence electrons. The predicted molar refractivity (Wildman–Crippen MR) is 80.7 cm³/mol. The van der Waals surface area contributed by atoms with Crippen molar-refractivity contribution in [3.63, 3.8) is 0 Å². The minimum absolute atomic E-state index is 0.0463. The quantitative estimate of drug-likeness (QED) is 0.772. The molecule has 0 saturated heterocycles. The number of aromatic nitrogens is 4. The van der Waals surface area contributed by atoms with E-state index in [1.807, 2.05) is 0 Å². The molecule has 4 rings (SSSR count). The molecule has 1 aliphatic heterocycles. The van der Waals surface area contributed by atoms with Gasteiger partial charge in [0.25, 0.3) is 11.8 Å². The number of fused-ring (bicyclic) bond motifs is 1. The van der Waals surface area contributed by atoms with Crippen LogP contribution in [0.1, 0.15) is 10.4 Å². The van der Waals surface area contributed by atoms with E-state index in [1.165, 1.54) is 18.6 Å². The third-order valence-electron chi connectivity index (χ3n) is 3.24. The largest absolute Gasteiger partial charge is 0.486 e. The van der Waals surface area contributed by atoms with Crippen LogP contribution in [0.3, 0.4) is 0 Å². The van der Waals surface area contributed by atoms with Crippen LogP contribution < -0.4 is 14.8 Å². The smallest absolute Gasteiger partial charge is 0.322 e. The molecule has 0 bridgehead atoms. The van der Waals surface area contributed by atoms with Gasteiger partial charge in [0, 0.05) is 12.4 Å². The summed E-state index contributed by atoms with van der Waals surface area (Å²) in [5, 5.41) is 10.1. The number of para-hydroxylation sites is 1. The summed E-state index contributed by atoms with van der Waals surface area (Å²) < 4.78 is 16.3. The second-order valence-corrected chi connectivity index (χ2v) is 4.79. The number of nitrogens with zero attached hydrogens (tertiary/aromatic N) is 4. The van der Waals surface area contributed by atoms with Crippen molar-refractivity contribution in [2.75, 3.05) is 18.5 Å². The van der Waals surface area contributed by atoms with E-state index in [0.717, 1.165) is 0 Å². The maximum absolute atomic E-state index is 12.4. The van der Waals surface area contributed by atoms with Gasteiger partial charge in [0.2, 0.25) is 0 Å².